The van der Waals surface area contributed by atoms with Gasteiger partial charge in [-0.2, -0.15) is 0 Å². The van der Waals surface area contributed by atoms with E-state index in [1.54, 1.807) is 25.2 Å². The van der Waals surface area contributed by atoms with Gasteiger partial charge in [-0.1, -0.05) is 23.7 Å². The molecule has 0 spiro atoms. The third-order valence-corrected chi connectivity index (χ3v) is 7.25. The average molecular weight is 468 g/mol. The molecule has 0 amide bonds. The van der Waals surface area contributed by atoms with Gasteiger partial charge < -0.3 is 30.7 Å². The summed E-state index contributed by atoms with van der Waals surface area (Å²) in [5.74, 6) is 9.87. The number of phenols is 1. The van der Waals surface area contributed by atoms with Crippen molar-refractivity contribution < 1.29 is 29.6 Å². The summed E-state index contributed by atoms with van der Waals surface area (Å²) in [5, 5.41) is 39.1. The lowest BCUT2D eigenvalue weighted by Gasteiger charge is -2.37. The minimum atomic E-state index is -1.58. The topological polar surface area (TPSA) is 131 Å². The van der Waals surface area contributed by atoms with Gasteiger partial charge in [-0.25, -0.2) is 0 Å². The first-order chi connectivity index (χ1) is 16.8. The Morgan fingerprint density at radius 3 is 2.51 bits per heavy atom. The van der Waals surface area contributed by atoms with E-state index in [0.717, 1.165) is 0 Å². The van der Waals surface area contributed by atoms with Gasteiger partial charge in [0.1, 0.15) is 11.8 Å². The van der Waals surface area contributed by atoms with Crippen molar-refractivity contribution in [3.8, 4) is 29.4 Å². The molecule has 0 radical (unpaired) electrons. The Kier molecular flexibility index (Phi) is 4.27. The van der Waals surface area contributed by atoms with Gasteiger partial charge in [-0.15, -0.1) is 0 Å². The van der Waals surface area contributed by atoms with Gasteiger partial charge in [0.05, 0.1) is 22.9 Å². The van der Waals surface area contributed by atoms with Crippen LogP contribution in [-0.4, -0.2) is 57.8 Å². The number of ketones is 2. The number of anilines is 2. The van der Waals surface area contributed by atoms with Gasteiger partial charge in [0, 0.05) is 29.4 Å². The van der Waals surface area contributed by atoms with Gasteiger partial charge in [0.25, 0.3) is 0 Å². The lowest BCUT2D eigenvalue weighted by atomic mass is 9.69. The number of hydrogen-bond donors (Lipinski definition) is 5. The van der Waals surface area contributed by atoms with E-state index in [4.69, 9.17) is 4.74 Å². The molecule has 2 aromatic rings. The number of phenolic OH excluding ortho intramolecular Hbond substituents is 1. The van der Waals surface area contributed by atoms with E-state index in [1.165, 1.54) is 25.1 Å². The van der Waals surface area contributed by atoms with Crippen molar-refractivity contribution in [2.45, 2.75) is 36.4 Å². The summed E-state index contributed by atoms with van der Waals surface area (Å²) in [4.78, 5) is 27.2. The quantitative estimate of drug-likeness (QED) is 0.216. The molecule has 4 aliphatic rings. The summed E-state index contributed by atoms with van der Waals surface area (Å²) in [7, 11) is 1.70. The number of epoxide rings is 1. The predicted molar refractivity (Wildman–Crippen MR) is 126 cm³/mol. The van der Waals surface area contributed by atoms with Crippen LogP contribution in [-0.2, 0) is 10.3 Å². The Hall–Kier alpha value is -4.08. The van der Waals surface area contributed by atoms with Crippen molar-refractivity contribution in [1.29, 1.82) is 0 Å². The van der Waals surface area contributed by atoms with Crippen LogP contribution in [0.5, 0.6) is 5.75 Å². The molecule has 2 aliphatic carbocycles. The van der Waals surface area contributed by atoms with E-state index in [9.17, 15) is 24.9 Å². The van der Waals surface area contributed by atoms with Crippen LogP contribution in [0.4, 0.5) is 11.4 Å². The highest BCUT2D eigenvalue weighted by atomic mass is 16.7. The number of ether oxygens (including phenoxy) is 1. The molecule has 8 nitrogen and oxygen atoms in total. The highest BCUT2D eigenvalue weighted by Gasteiger charge is 2.82. The van der Waals surface area contributed by atoms with E-state index in [2.05, 4.69) is 34.3 Å². The van der Waals surface area contributed by atoms with Crippen molar-refractivity contribution in [3.63, 3.8) is 0 Å². The van der Waals surface area contributed by atoms with Crippen molar-refractivity contribution >= 4 is 22.9 Å². The van der Waals surface area contributed by atoms with E-state index in [1.807, 2.05) is 0 Å². The molecule has 1 fully saturated rings. The number of nitrogens with one attached hydrogen (secondary N) is 2. The number of carbonyl (C=O) groups is 2. The number of aromatic hydroxyl groups is 1. The Labute approximate surface area is 200 Å². The summed E-state index contributed by atoms with van der Waals surface area (Å²) in [6, 6.07) is 5.28. The van der Waals surface area contributed by atoms with Crippen LogP contribution < -0.4 is 10.6 Å². The number of fused-ring (bicyclic) bond motifs is 4. The first-order valence-electron chi connectivity index (χ1n) is 11.1. The Morgan fingerprint density at radius 2 is 1.80 bits per heavy atom. The second kappa shape index (κ2) is 6.97. The zero-order valence-electron chi connectivity index (χ0n) is 18.8. The zero-order chi connectivity index (χ0) is 24.7. The van der Waals surface area contributed by atoms with Gasteiger partial charge in [0.15, 0.2) is 28.9 Å². The summed E-state index contributed by atoms with van der Waals surface area (Å²) in [6.45, 7) is 1.52. The number of allylic oxidation sites excluding steroid dienone is 2. The Balaban J connectivity index is 1.66. The number of rotatable bonds is 2. The Bertz CT molecular complexity index is 1520. The van der Waals surface area contributed by atoms with Crippen LogP contribution in [0.25, 0.3) is 0 Å². The normalized spacial score (nSPS) is 29.5. The molecule has 0 aromatic heterocycles. The maximum absolute atomic E-state index is 13.7. The van der Waals surface area contributed by atoms with E-state index >= 15 is 0 Å². The summed E-state index contributed by atoms with van der Waals surface area (Å²) >= 11 is 0. The van der Waals surface area contributed by atoms with Gasteiger partial charge >= 0.3 is 0 Å². The fourth-order valence-corrected chi connectivity index (χ4v) is 5.60. The fourth-order valence-electron chi connectivity index (χ4n) is 5.60. The molecule has 2 heterocycles. The smallest absolute Gasteiger partial charge is 0.198 e. The van der Waals surface area contributed by atoms with Crippen molar-refractivity contribution in [1.82, 2.24) is 0 Å². The van der Waals surface area contributed by atoms with Gasteiger partial charge in [0.2, 0.25) is 0 Å². The lowest BCUT2D eigenvalue weighted by Crippen LogP contribution is -2.54. The minimum absolute atomic E-state index is 0.0247. The van der Waals surface area contributed by atoms with Gasteiger partial charge in [-0.05, 0) is 43.3 Å². The maximum Gasteiger partial charge on any atom is 0.198 e. The molecule has 2 aromatic carbocycles. The molecule has 5 atom stereocenters. The third-order valence-electron chi connectivity index (χ3n) is 7.25. The van der Waals surface area contributed by atoms with E-state index in [0.29, 0.717) is 5.69 Å². The highest BCUT2D eigenvalue weighted by molar-refractivity contribution is 6.31. The molecule has 8 heteroatoms. The molecule has 35 heavy (non-hydrogen) atoms. The molecule has 174 valence electrons. The SMILES string of the molecule is CNc1ccc2c(c1)C(=O)c1c(O)cc3c(c1C2=O)N[C@H]1C#CC=CC#C[C@@H](O)[C@@]32O[C@@]12[C@@H](C)O. The van der Waals surface area contributed by atoms with E-state index < -0.39 is 46.8 Å². The molecule has 0 saturated carbocycles. The second-order valence-electron chi connectivity index (χ2n) is 8.93. The standard InChI is InChI=1S/C27H20N2O6/c1-13(30)26-19-7-5-3-4-6-8-20(32)27(26,35-26)17-12-18(31)21-22(23(17)29-19)24(33)15-10-9-14(28-2)11-16(15)25(21)34/h3-4,9-13,19-20,28-32H,1-2H3/t13-,19+,20-,26+,27+/m1/s1. The molecule has 6 rings (SSSR count). The van der Waals surface area contributed by atoms with Crippen molar-refractivity contribution in [3.05, 3.63) is 64.2 Å². The number of carbonyl (C=O) groups excluding carboxylic acids is 2. The van der Waals surface area contributed by atoms with Crippen molar-refractivity contribution in [2.24, 2.45) is 0 Å². The zero-order valence-corrected chi connectivity index (χ0v) is 18.8. The molecule has 2 aliphatic heterocycles. The molecular weight excluding hydrogens is 448 g/mol. The summed E-state index contributed by atoms with van der Waals surface area (Å²) < 4.78 is 6.15. The second-order valence-corrected chi connectivity index (χ2v) is 8.93. The number of aliphatic hydroxyl groups excluding tert-OH is 2. The molecule has 5 N–H and O–H groups in total. The average Bonchev–Trinajstić information content (AvgIpc) is 3.57. The monoisotopic (exact) mass is 468 g/mol. The number of hydrogen-bond acceptors (Lipinski definition) is 8. The van der Waals surface area contributed by atoms with E-state index in [-0.39, 0.29) is 33.5 Å². The predicted octanol–water partition coefficient (Wildman–Crippen LogP) is 1.29. The van der Waals surface area contributed by atoms with Crippen LogP contribution in [0.15, 0.2) is 36.4 Å². The summed E-state index contributed by atoms with van der Waals surface area (Å²) in [5.41, 5.74) is -1.66. The van der Waals surface area contributed by atoms with Gasteiger partial charge in [-0.3, -0.25) is 9.59 Å². The maximum atomic E-state index is 13.7. The van der Waals surface area contributed by atoms with Crippen LogP contribution in [0.1, 0.15) is 44.3 Å². The minimum Gasteiger partial charge on any atom is -0.507 e. The number of aliphatic hydroxyl groups is 2. The third kappa shape index (κ3) is 2.48. The van der Waals surface area contributed by atoms with Crippen molar-refractivity contribution in [2.75, 3.05) is 17.7 Å². The molecule has 0 unspecified atom stereocenters. The fraction of sp³-hybridized carbons (Fsp3) is 0.259. The Morgan fingerprint density at radius 1 is 1.09 bits per heavy atom. The largest absolute Gasteiger partial charge is 0.507 e. The summed E-state index contributed by atoms with van der Waals surface area (Å²) in [6.07, 6.45) is 0.490. The molecule has 1 saturated heterocycles. The number of benzene rings is 2. The lowest BCUT2D eigenvalue weighted by molar-refractivity contribution is 0.0867. The first kappa shape index (κ1) is 21.5. The van der Waals surface area contributed by atoms with Crippen LogP contribution >= 0.6 is 0 Å². The van der Waals surface area contributed by atoms with Crippen LogP contribution in [0.3, 0.4) is 0 Å². The highest BCUT2D eigenvalue weighted by Crippen LogP contribution is 2.67. The molecular formula is C27H20N2O6. The molecule has 2 bridgehead atoms. The van der Waals surface area contributed by atoms with Crippen LogP contribution in [0.2, 0.25) is 0 Å². The van der Waals surface area contributed by atoms with Crippen LogP contribution in [0, 0.1) is 23.7 Å². The first-order valence-corrected chi connectivity index (χ1v) is 11.1.